The molecule has 18 nitrogen and oxygen atoms in total. The van der Waals surface area contributed by atoms with E-state index in [0.29, 0.717) is 47.3 Å². The molecule has 306 valence electrons. The number of thiazole rings is 2. The number of carbonyl (C=O) groups is 4. The van der Waals surface area contributed by atoms with Crippen LogP contribution < -0.4 is 25.2 Å². The smallest absolute Gasteiger partial charge is 0.323 e. The van der Waals surface area contributed by atoms with Gasteiger partial charge in [-0.1, -0.05) is 42.1 Å². The molecule has 4 heterocycles. The van der Waals surface area contributed by atoms with Crippen molar-refractivity contribution in [3.8, 4) is 0 Å². The summed E-state index contributed by atoms with van der Waals surface area (Å²) in [6, 6.07) is 12.2. The van der Waals surface area contributed by atoms with Crippen molar-refractivity contribution in [2.75, 3.05) is 23.7 Å². The zero-order valence-corrected chi connectivity index (χ0v) is 34.9. The number of thioether (sulfide) groups is 2. The van der Waals surface area contributed by atoms with Crippen molar-refractivity contribution in [2.24, 2.45) is 0 Å². The van der Waals surface area contributed by atoms with Gasteiger partial charge in [0.25, 0.3) is 42.5 Å². The lowest BCUT2D eigenvalue weighted by Gasteiger charge is -2.21. The van der Waals surface area contributed by atoms with Gasteiger partial charge >= 0.3 is 11.9 Å². The quantitative estimate of drug-likeness (QED) is 0.148. The SMILES string of the molecule is Cc1cc2c(cc1C)N(CCCS(=O)(=O)O)C(=CC(c1ccccc1)=c1s/c(=c3/s/c(=C4/SC(=O)N(CC(=O)O)C4=O)n(CC(=O)O)c3=O)n(CS(=O)(=O)O)c1=O)S2. The number of amides is 2. The van der Waals surface area contributed by atoms with Gasteiger partial charge in [0.2, 0.25) is 0 Å². The number of benzene rings is 2. The van der Waals surface area contributed by atoms with E-state index >= 15 is 0 Å². The highest BCUT2D eigenvalue weighted by Gasteiger charge is 2.38. The number of hydrogen-bond acceptors (Lipinski definition) is 15. The third kappa shape index (κ3) is 9.07. The van der Waals surface area contributed by atoms with Crippen molar-refractivity contribution in [3.63, 3.8) is 0 Å². The van der Waals surface area contributed by atoms with Crippen LogP contribution in [0.3, 0.4) is 0 Å². The molecule has 1 fully saturated rings. The molecular formula is C34H30N4O14S6. The molecule has 4 N–H and O–H groups in total. The van der Waals surface area contributed by atoms with E-state index in [1.54, 1.807) is 36.4 Å². The Morgan fingerprint density at radius 1 is 0.776 bits per heavy atom. The summed E-state index contributed by atoms with van der Waals surface area (Å²) >= 11 is 2.66. The van der Waals surface area contributed by atoms with Crippen molar-refractivity contribution in [2.45, 2.75) is 37.6 Å². The maximum atomic E-state index is 14.4. The number of rotatable bonds is 12. The molecular weight excluding hydrogens is 881 g/mol. The lowest BCUT2D eigenvalue weighted by Crippen LogP contribution is -2.35. The van der Waals surface area contributed by atoms with Gasteiger partial charge in [0, 0.05) is 17.0 Å². The number of imide groups is 1. The molecule has 2 aliphatic rings. The summed E-state index contributed by atoms with van der Waals surface area (Å²) < 4.78 is 67.4. The number of allylic oxidation sites excluding steroid dienone is 1. The first kappa shape index (κ1) is 42.8. The molecule has 0 aliphatic carbocycles. The van der Waals surface area contributed by atoms with Crippen molar-refractivity contribution in [1.29, 1.82) is 0 Å². The summed E-state index contributed by atoms with van der Waals surface area (Å²) in [5, 5.41) is 18.4. The van der Waals surface area contributed by atoms with Gasteiger partial charge in [-0.15, -0.1) is 22.7 Å². The zero-order valence-electron chi connectivity index (χ0n) is 30.0. The van der Waals surface area contributed by atoms with Crippen molar-refractivity contribution in [3.05, 3.63) is 109 Å². The minimum absolute atomic E-state index is 0.0108. The van der Waals surface area contributed by atoms with Gasteiger partial charge in [-0.2, -0.15) is 16.8 Å². The van der Waals surface area contributed by atoms with Crippen LogP contribution >= 0.6 is 46.2 Å². The van der Waals surface area contributed by atoms with Crippen LogP contribution in [0.4, 0.5) is 10.5 Å². The number of carboxylic acids is 2. The molecule has 6 rings (SSSR count). The average Bonchev–Trinajstić information content (AvgIpc) is 3.80. The number of hydrogen-bond donors (Lipinski definition) is 4. The maximum Gasteiger partial charge on any atom is 0.323 e. The molecule has 4 aromatic rings. The zero-order chi connectivity index (χ0) is 42.4. The van der Waals surface area contributed by atoms with Crippen molar-refractivity contribution >= 4 is 106 Å². The molecule has 0 atom stereocenters. The molecule has 2 aliphatic heterocycles. The molecule has 58 heavy (non-hydrogen) atoms. The summed E-state index contributed by atoms with van der Waals surface area (Å²) in [6.07, 6.45) is 1.64. The second-order valence-electron chi connectivity index (χ2n) is 12.7. The predicted octanol–water partition coefficient (Wildman–Crippen LogP) is 1.79. The van der Waals surface area contributed by atoms with E-state index in [1.807, 2.05) is 30.9 Å². The second-order valence-corrected chi connectivity index (χ2v) is 19.8. The highest BCUT2D eigenvalue weighted by Crippen LogP contribution is 2.48. The fraction of sp³-hybridized carbons (Fsp3) is 0.235. The Bertz CT molecular complexity index is 3040. The van der Waals surface area contributed by atoms with E-state index in [-0.39, 0.29) is 44.2 Å². The van der Waals surface area contributed by atoms with E-state index < -0.39 is 88.6 Å². The molecule has 24 heteroatoms. The number of anilines is 1. The Hall–Kier alpha value is -4.82. The van der Waals surface area contributed by atoms with Crippen molar-refractivity contribution in [1.82, 2.24) is 14.0 Å². The number of nitrogens with zero attached hydrogens (tertiary/aromatic N) is 4. The number of fused-ring (bicyclic) bond motifs is 1. The first-order valence-electron chi connectivity index (χ1n) is 16.6. The molecule has 0 unspecified atom stereocenters. The largest absolute Gasteiger partial charge is 0.480 e. The fourth-order valence-corrected chi connectivity index (χ4v) is 11.8. The van der Waals surface area contributed by atoms with Gasteiger partial charge in [-0.3, -0.25) is 51.9 Å². The maximum absolute atomic E-state index is 14.4. The summed E-state index contributed by atoms with van der Waals surface area (Å²) in [5.74, 6) is -6.09. The van der Waals surface area contributed by atoms with Crippen LogP contribution in [0, 0.1) is 23.0 Å². The van der Waals surface area contributed by atoms with Crippen LogP contribution in [0.2, 0.25) is 0 Å². The predicted molar refractivity (Wildman–Crippen MR) is 216 cm³/mol. The standard InChI is InChI=1S/C34H30N4O14S6/c1-17-11-21-22(12-18(17)2)53-23(35(21)9-6-10-57(47,48)49)13-20(19-7-4-3-5-8-19)26-29(43)38(16-58(50,51)52)33(54-26)27-30(44)36(14-24(39)40)32(55-27)28-31(45)37(15-25(41)42)34(46)56-28/h3-5,7-8,11-13H,6,9-10,14-16H2,1-2H3,(H,39,40)(H,41,42)(H,47,48,49)(H,50,51,52)/b23-13?,26-20?,32-28+,33-27+. The summed E-state index contributed by atoms with van der Waals surface area (Å²) in [4.78, 5) is 80.2. The van der Waals surface area contributed by atoms with E-state index in [1.165, 1.54) is 11.8 Å². The molecule has 0 bridgehead atoms. The molecule has 0 saturated carbocycles. The fourth-order valence-electron chi connectivity index (χ4n) is 5.94. The van der Waals surface area contributed by atoms with E-state index in [2.05, 4.69) is 0 Å². The number of aliphatic carboxylic acids is 2. The average molecular weight is 911 g/mol. The Morgan fingerprint density at radius 3 is 2.05 bits per heavy atom. The lowest BCUT2D eigenvalue weighted by molar-refractivity contribution is -0.140. The van der Waals surface area contributed by atoms with Gasteiger partial charge in [-0.25, -0.2) is 0 Å². The van der Waals surface area contributed by atoms with Gasteiger partial charge in [0.15, 0.2) is 5.88 Å². The Morgan fingerprint density at radius 2 is 1.43 bits per heavy atom. The number of carbonyl (C=O) groups excluding carboxylic acids is 2. The second kappa shape index (κ2) is 16.4. The third-order valence-corrected chi connectivity index (χ3v) is 14.7. The van der Waals surface area contributed by atoms with Crippen LogP contribution in [-0.2, 0) is 47.0 Å². The molecule has 0 radical (unpaired) electrons. The first-order chi connectivity index (χ1) is 27.1. The topological polar surface area (TPSA) is 268 Å². The summed E-state index contributed by atoms with van der Waals surface area (Å²) in [5.41, 5.74) is 1.19. The first-order valence-corrected chi connectivity index (χ1v) is 23.1. The number of carboxylic acid groups (broad SMARTS) is 2. The molecule has 2 aromatic heterocycles. The minimum Gasteiger partial charge on any atom is -0.480 e. The normalized spacial score (nSPS) is 17.3. The van der Waals surface area contributed by atoms with Gasteiger partial charge in [-0.05, 0) is 66.9 Å². The number of aromatic nitrogens is 2. The molecule has 1 saturated heterocycles. The van der Waals surface area contributed by atoms with Crippen molar-refractivity contribution < 1.29 is 55.3 Å². The summed E-state index contributed by atoms with van der Waals surface area (Å²) in [7, 11) is -9.30. The van der Waals surface area contributed by atoms with Gasteiger partial charge in [0.05, 0.1) is 16.5 Å². The highest BCUT2D eigenvalue weighted by molar-refractivity contribution is 8.23. The van der Waals surface area contributed by atoms with Crippen LogP contribution in [-0.4, -0.2) is 92.1 Å². The summed E-state index contributed by atoms with van der Waals surface area (Å²) in [6.45, 7) is 1.85. The molecule has 2 amide bonds. The van der Waals surface area contributed by atoms with E-state index in [0.717, 1.165) is 21.7 Å². The molecule has 0 spiro atoms. The van der Waals surface area contributed by atoms with Crippen LogP contribution in [0.1, 0.15) is 23.1 Å². The monoisotopic (exact) mass is 910 g/mol. The highest BCUT2D eigenvalue weighted by atomic mass is 32.2. The van der Waals surface area contributed by atoms with Gasteiger partial charge in [0.1, 0.15) is 36.4 Å². The van der Waals surface area contributed by atoms with E-state index in [9.17, 15) is 64.9 Å². The van der Waals surface area contributed by atoms with Gasteiger partial charge < -0.3 is 15.1 Å². The lowest BCUT2D eigenvalue weighted by atomic mass is 10.1. The van der Waals surface area contributed by atoms with E-state index in [4.69, 9.17) is 0 Å². The Kier molecular flexibility index (Phi) is 12.1. The minimum atomic E-state index is -5.00. The third-order valence-electron chi connectivity index (χ3n) is 8.61. The number of aryl methyl sites for hydroxylation is 2. The Balaban J connectivity index is 1.72. The van der Waals surface area contributed by atoms with Crippen LogP contribution in [0.25, 0.3) is 10.5 Å². The van der Waals surface area contributed by atoms with Crippen LogP contribution in [0.5, 0.6) is 0 Å². The Labute approximate surface area is 343 Å². The molecule has 2 aromatic carbocycles. The van der Waals surface area contributed by atoms with Crippen LogP contribution in [0.15, 0.2) is 68.1 Å².